The van der Waals surface area contributed by atoms with Crippen molar-refractivity contribution in [3.8, 4) is 5.75 Å². The quantitative estimate of drug-likeness (QED) is 0.814. The van der Waals surface area contributed by atoms with E-state index in [0.29, 0.717) is 5.56 Å². The van der Waals surface area contributed by atoms with Gasteiger partial charge >= 0.3 is 0 Å². The molecule has 0 radical (unpaired) electrons. The van der Waals surface area contributed by atoms with Gasteiger partial charge in [0.25, 0.3) is 5.91 Å². The standard InChI is InChI=1S/C13H19NO3/c1-9(8-15)10(2)14-13(16)11-4-6-12(17-3)7-5-11/h4-7,9-10,15H,8H2,1-3H3,(H,14,16). The van der Waals surface area contributed by atoms with Crippen molar-refractivity contribution in [2.75, 3.05) is 13.7 Å². The lowest BCUT2D eigenvalue weighted by atomic mass is 10.0. The Morgan fingerprint density at radius 2 is 1.94 bits per heavy atom. The van der Waals surface area contributed by atoms with Crippen molar-refractivity contribution >= 4 is 5.91 Å². The number of amides is 1. The molecule has 2 N–H and O–H groups in total. The topological polar surface area (TPSA) is 58.6 Å². The van der Waals surface area contributed by atoms with Gasteiger partial charge in [-0.1, -0.05) is 6.92 Å². The Hall–Kier alpha value is -1.55. The third-order valence-corrected chi connectivity index (χ3v) is 2.85. The van der Waals surface area contributed by atoms with Gasteiger partial charge in [-0.15, -0.1) is 0 Å². The van der Waals surface area contributed by atoms with E-state index in [-0.39, 0.29) is 24.5 Å². The number of hydrogen-bond donors (Lipinski definition) is 2. The molecule has 1 rings (SSSR count). The van der Waals surface area contributed by atoms with Crippen LogP contribution in [0.15, 0.2) is 24.3 Å². The van der Waals surface area contributed by atoms with Gasteiger partial charge in [-0.3, -0.25) is 4.79 Å². The van der Waals surface area contributed by atoms with Crippen LogP contribution in [0.25, 0.3) is 0 Å². The Balaban J connectivity index is 2.63. The van der Waals surface area contributed by atoms with Crippen molar-refractivity contribution in [1.82, 2.24) is 5.32 Å². The van der Waals surface area contributed by atoms with Crippen LogP contribution in [-0.4, -0.2) is 30.8 Å². The van der Waals surface area contributed by atoms with Crippen LogP contribution in [0.1, 0.15) is 24.2 Å². The lowest BCUT2D eigenvalue weighted by Crippen LogP contribution is -2.38. The average molecular weight is 237 g/mol. The van der Waals surface area contributed by atoms with Gasteiger partial charge in [0.05, 0.1) is 7.11 Å². The molecule has 0 fully saturated rings. The molecular weight excluding hydrogens is 218 g/mol. The predicted molar refractivity (Wildman–Crippen MR) is 66.2 cm³/mol. The summed E-state index contributed by atoms with van der Waals surface area (Å²) in [6, 6.07) is 6.86. The Morgan fingerprint density at radius 1 is 1.35 bits per heavy atom. The van der Waals surface area contributed by atoms with Crippen LogP contribution in [0.4, 0.5) is 0 Å². The fourth-order valence-corrected chi connectivity index (χ4v) is 1.33. The van der Waals surface area contributed by atoms with E-state index in [1.807, 2.05) is 13.8 Å². The van der Waals surface area contributed by atoms with Crippen LogP contribution >= 0.6 is 0 Å². The SMILES string of the molecule is COc1ccc(C(=O)NC(C)C(C)CO)cc1. The number of benzene rings is 1. The maximum atomic E-state index is 11.8. The molecule has 1 aromatic carbocycles. The fraction of sp³-hybridized carbons (Fsp3) is 0.462. The molecule has 0 saturated carbocycles. The van der Waals surface area contributed by atoms with E-state index < -0.39 is 0 Å². The summed E-state index contributed by atoms with van der Waals surface area (Å²) in [5.74, 6) is 0.621. The zero-order chi connectivity index (χ0) is 12.8. The highest BCUT2D eigenvalue weighted by molar-refractivity contribution is 5.94. The highest BCUT2D eigenvalue weighted by Gasteiger charge is 2.14. The molecule has 2 unspecified atom stereocenters. The minimum Gasteiger partial charge on any atom is -0.497 e. The maximum absolute atomic E-state index is 11.8. The Morgan fingerprint density at radius 3 is 2.41 bits per heavy atom. The predicted octanol–water partition coefficient (Wildman–Crippen LogP) is 1.44. The second kappa shape index (κ2) is 6.25. The van der Waals surface area contributed by atoms with Crippen LogP contribution in [0.3, 0.4) is 0 Å². The van der Waals surface area contributed by atoms with E-state index in [9.17, 15) is 4.79 Å². The van der Waals surface area contributed by atoms with Gasteiger partial charge in [0, 0.05) is 18.2 Å². The summed E-state index contributed by atoms with van der Waals surface area (Å²) < 4.78 is 5.02. The first kappa shape index (κ1) is 13.5. The zero-order valence-corrected chi connectivity index (χ0v) is 10.4. The van der Waals surface area contributed by atoms with Crippen LogP contribution < -0.4 is 10.1 Å². The lowest BCUT2D eigenvalue weighted by molar-refractivity contribution is 0.0916. The molecule has 17 heavy (non-hydrogen) atoms. The van der Waals surface area contributed by atoms with E-state index in [0.717, 1.165) is 5.75 Å². The summed E-state index contributed by atoms with van der Waals surface area (Å²) in [6.45, 7) is 3.82. The summed E-state index contributed by atoms with van der Waals surface area (Å²) >= 11 is 0. The van der Waals surface area contributed by atoms with Crippen LogP contribution in [0.2, 0.25) is 0 Å². The van der Waals surface area contributed by atoms with Gasteiger partial charge in [-0.05, 0) is 37.1 Å². The molecule has 0 aliphatic rings. The number of methoxy groups -OCH3 is 1. The van der Waals surface area contributed by atoms with Crippen molar-refractivity contribution in [3.63, 3.8) is 0 Å². The Bertz CT molecular complexity index is 361. The van der Waals surface area contributed by atoms with Gasteiger partial charge in [0.1, 0.15) is 5.75 Å². The molecule has 0 saturated heterocycles. The maximum Gasteiger partial charge on any atom is 0.251 e. The minimum absolute atomic E-state index is 0.0391. The molecule has 0 spiro atoms. The molecular formula is C13H19NO3. The second-order valence-corrected chi connectivity index (χ2v) is 4.15. The molecule has 0 heterocycles. The van der Waals surface area contributed by atoms with Gasteiger partial charge in [0.2, 0.25) is 0 Å². The van der Waals surface area contributed by atoms with Crippen molar-refractivity contribution < 1.29 is 14.6 Å². The van der Waals surface area contributed by atoms with E-state index in [2.05, 4.69) is 5.32 Å². The highest BCUT2D eigenvalue weighted by Crippen LogP contribution is 2.11. The number of aliphatic hydroxyl groups excluding tert-OH is 1. The van der Waals surface area contributed by atoms with E-state index in [1.54, 1.807) is 31.4 Å². The number of hydrogen-bond acceptors (Lipinski definition) is 3. The number of nitrogens with one attached hydrogen (secondary N) is 1. The van der Waals surface area contributed by atoms with Crippen molar-refractivity contribution in [2.24, 2.45) is 5.92 Å². The van der Waals surface area contributed by atoms with Crippen molar-refractivity contribution in [2.45, 2.75) is 19.9 Å². The normalized spacial score (nSPS) is 13.9. The van der Waals surface area contributed by atoms with Gasteiger partial charge in [-0.25, -0.2) is 0 Å². The number of aliphatic hydroxyl groups is 1. The minimum atomic E-state index is -0.138. The summed E-state index contributed by atoms with van der Waals surface area (Å²) in [5.41, 5.74) is 0.586. The second-order valence-electron chi connectivity index (χ2n) is 4.15. The molecule has 94 valence electrons. The molecule has 0 aliphatic carbocycles. The third-order valence-electron chi connectivity index (χ3n) is 2.85. The lowest BCUT2D eigenvalue weighted by Gasteiger charge is -2.19. The van der Waals surface area contributed by atoms with Gasteiger partial charge < -0.3 is 15.2 Å². The molecule has 4 nitrogen and oxygen atoms in total. The van der Waals surface area contributed by atoms with Gasteiger partial charge in [0.15, 0.2) is 0 Å². The van der Waals surface area contributed by atoms with Crippen molar-refractivity contribution in [3.05, 3.63) is 29.8 Å². The highest BCUT2D eigenvalue weighted by atomic mass is 16.5. The van der Waals surface area contributed by atoms with E-state index in [1.165, 1.54) is 0 Å². The van der Waals surface area contributed by atoms with Crippen LogP contribution in [0.5, 0.6) is 5.75 Å². The van der Waals surface area contributed by atoms with Crippen LogP contribution in [0, 0.1) is 5.92 Å². The molecule has 0 aliphatic heterocycles. The molecule has 0 aromatic heterocycles. The molecule has 2 atom stereocenters. The zero-order valence-electron chi connectivity index (χ0n) is 10.4. The molecule has 1 amide bonds. The number of rotatable bonds is 5. The van der Waals surface area contributed by atoms with E-state index >= 15 is 0 Å². The largest absolute Gasteiger partial charge is 0.497 e. The van der Waals surface area contributed by atoms with Crippen LogP contribution in [-0.2, 0) is 0 Å². The van der Waals surface area contributed by atoms with Crippen molar-refractivity contribution in [1.29, 1.82) is 0 Å². The number of ether oxygens (including phenoxy) is 1. The number of carbonyl (C=O) groups is 1. The monoisotopic (exact) mass is 237 g/mol. The average Bonchev–Trinajstić information content (AvgIpc) is 2.37. The third kappa shape index (κ3) is 3.75. The first-order valence-corrected chi connectivity index (χ1v) is 5.64. The first-order valence-electron chi connectivity index (χ1n) is 5.64. The summed E-state index contributed by atoms with van der Waals surface area (Å²) in [7, 11) is 1.58. The number of carbonyl (C=O) groups excluding carboxylic acids is 1. The molecule has 0 bridgehead atoms. The summed E-state index contributed by atoms with van der Waals surface area (Å²) in [4.78, 5) is 11.8. The molecule has 4 heteroatoms. The smallest absolute Gasteiger partial charge is 0.251 e. The van der Waals surface area contributed by atoms with Gasteiger partial charge in [-0.2, -0.15) is 0 Å². The Kier molecular flexibility index (Phi) is 4.97. The first-order chi connectivity index (χ1) is 8.08. The van der Waals surface area contributed by atoms with E-state index in [4.69, 9.17) is 9.84 Å². The Labute approximate surface area is 102 Å². The molecule has 1 aromatic rings. The summed E-state index contributed by atoms with van der Waals surface area (Å²) in [6.07, 6.45) is 0. The summed E-state index contributed by atoms with van der Waals surface area (Å²) in [5, 5.41) is 11.8. The fourth-order valence-electron chi connectivity index (χ4n) is 1.33.